The Morgan fingerprint density at radius 1 is 0.458 bits per heavy atom. The molecule has 0 aromatic rings. The Kier molecular flexibility index (Phi) is 27.0. The molecule has 0 aliphatic carbocycles. The van der Waals surface area contributed by atoms with Crippen molar-refractivity contribution in [1.29, 1.82) is 0 Å². The molecule has 0 aromatic heterocycles. The third-order valence-electron chi connectivity index (χ3n) is 4.68. The number of unbranched alkanes of at least 4 members (excludes halogenated alkanes) is 15. The van der Waals surface area contributed by atoms with Crippen molar-refractivity contribution in [3.8, 4) is 0 Å². The SMILES string of the molecule is CCCCCCCCCCCCCCCCCC[N+](C)(C)C.Cl.[LiH]. The minimum atomic E-state index is 0. The molecule has 0 aliphatic heterocycles. The van der Waals surface area contributed by atoms with Gasteiger partial charge in [0.25, 0.3) is 0 Å². The van der Waals surface area contributed by atoms with Crippen molar-refractivity contribution in [2.75, 3.05) is 27.7 Å². The van der Waals surface area contributed by atoms with Gasteiger partial charge in [-0.05, 0) is 12.8 Å². The summed E-state index contributed by atoms with van der Waals surface area (Å²) in [6, 6.07) is 0. The zero-order valence-corrected chi connectivity index (χ0v) is 17.7. The predicted octanol–water partition coefficient (Wildman–Crippen LogP) is 6.73. The second-order valence-corrected chi connectivity index (χ2v) is 8.32. The second kappa shape index (κ2) is 21.9. The fourth-order valence-electron chi connectivity index (χ4n) is 3.13. The van der Waals surface area contributed by atoms with E-state index in [9.17, 15) is 0 Å². The molecule has 0 saturated heterocycles. The minimum absolute atomic E-state index is 0. The van der Waals surface area contributed by atoms with Crippen LogP contribution in [0.2, 0.25) is 0 Å². The molecule has 24 heavy (non-hydrogen) atoms. The number of nitrogens with zero attached hydrogens (tertiary/aromatic N) is 1. The summed E-state index contributed by atoms with van der Waals surface area (Å²) >= 11 is 0. The molecule has 0 heterocycles. The van der Waals surface area contributed by atoms with E-state index in [0.717, 1.165) is 4.48 Å². The number of halogens is 1. The molecule has 0 saturated carbocycles. The van der Waals surface area contributed by atoms with Crippen LogP contribution in [0.25, 0.3) is 0 Å². The molecule has 0 fully saturated rings. The first kappa shape index (κ1) is 29.6. The van der Waals surface area contributed by atoms with Gasteiger partial charge in [0.2, 0.25) is 0 Å². The van der Waals surface area contributed by atoms with Crippen LogP contribution < -0.4 is 0 Å². The van der Waals surface area contributed by atoms with Gasteiger partial charge < -0.3 is 4.48 Å². The molecule has 0 amide bonds. The molecular weight excluding hydrogens is 309 g/mol. The van der Waals surface area contributed by atoms with Gasteiger partial charge in [0, 0.05) is 0 Å². The van der Waals surface area contributed by atoms with E-state index >= 15 is 0 Å². The van der Waals surface area contributed by atoms with Crippen LogP contribution in [0.15, 0.2) is 0 Å². The number of quaternary nitrogens is 1. The van der Waals surface area contributed by atoms with E-state index in [-0.39, 0.29) is 31.3 Å². The maximum absolute atomic E-state index is 2.30. The molecule has 1 nitrogen and oxygen atoms in total. The third kappa shape index (κ3) is 27.7. The molecule has 0 N–H and O–H groups in total. The van der Waals surface area contributed by atoms with Gasteiger partial charge >= 0.3 is 18.9 Å². The summed E-state index contributed by atoms with van der Waals surface area (Å²) in [6.45, 7) is 3.63. The van der Waals surface area contributed by atoms with Crippen LogP contribution in [0.4, 0.5) is 0 Å². The van der Waals surface area contributed by atoms with E-state index < -0.39 is 0 Å². The fraction of sp³-hybridized carbons (Fsp3) is 1.00. The van der Waals surface area contributed by atoms with E-state index in [1.165, 1.54) is 109 Å². The zero-order valence-electron chi connectivity index (χ0n) is 16.9. The van der Waals surface area contributed by atoms with Gasteiger partial charge in [0.1, 0.15) is 0 Å². The topological polar surface area (TPSA) is 0 Å². The molecule has 0 radical (unpaired) electrons. The molecule has 0 aromatic carbocycles. The zero-order chi connectivity index (χ0) is 16.5. The van der Waals surface area contributed by atoms with Crippen molar-refractivity contribution < 1.29 is 4.48 Å². The first-order valence-corrected chi connectivity index (χ1v) is 10.4. The molecule has 144 valence electrons. The number of hydrogen-bond donors (Lipinski definition) is 0. The van der Waals surface area contributed by atoms with Gasteiger partial charge in [-0.15, -0.1) is 12.4 Å². The Bertz CT molecular complexity index is 216. The van der Waals surface area contributed by atoms with Crippen molar-refractivity contribution >= 4 is 31.3 Å². The fourth-order valence-corrected chi connectivity index (χ4v) is 3.13. The van der Waals surface area contributed by atoms with E-state index in [4.69, 9.17) is 0 Å². The van der Waals surface area contributed by atoms with E-state index in [1.807, 2.05) is 0 Å². The third-order valence-corrected chi connectivity index (χ3v) is 4.68. The average molecular weight is 357 g/mol. The van der Waals surface area contributed by atoms with Crippen molar-refractivity contribution in [3.05, 3.63) is 0 Å². The van der Waals surface area contributed by atoms with Gasteiger partial charge in [0.15, 0.2) is 0 Å². The molecule has 0 bridgehead atoms. The summed E-state index contributed by atoms with van der Waals surface area (Å²) < 4.78 is 1.12. The van der Waals surface area contributed by atoms with Crippen LogP contribution >= 0.6 is 12.4 Å². The van der Waals surface area contributed by atoms with Crippen LogP contribution in [-0.4, -0.2) is 51.0 Å². The number of rotatable bonds is 17. The van der Waals surface area contributed by atoms with Crippen molar-refractivity contribution in [2.45, 2.75) is 110 Å². The van der Waals surface area contributed by atoms with Gasteiger partial charge in [0.05, 0.1) is 27.7 Å². The molecule has 0 spiro atoms. The van der Waals surface area contributed by atoms with E-state index in [2.05, 4.69) is 28.1 Å². The molecule has 3 heteroatoms. The van der Waals surface area contributed by atoms with Gasteiger partial charge in [-0.3, -0.25) is 0 Å². The summed E-state index contributed by atoms with van der Waals surface area (Å²) in [7, 11) is 6.89. The molecule has 0 atom stereocenters. The van der Waals surface area contributed by atoms with Gasteiger partial charge in [-0.1, -0.05) is 96.8 Å². The van der Waals surface area contributed by atoms with Crippen LogP contribution in [0.5, 0.6) is 0 Å². The van der Waals surface area contributed by atoms with Crippen LogP contribution in [0.3, 0.4) is 0 Å². The summed E-state index contributed by atoms with van der Waals surface area (Å²) in [5, 5.41) is 0. The second-order valence-electron chi connectivity index (χ2n) is 8.32. The summed E-state index contributed by atoms with van der Waals surface area (Å²) in [5.41, 5.74) is 0. The average Bonchev–Trinajstić information content (AvgIpc) is 2.45. The van der Waals surface area contributed by atoms with Crippen molar-refractivity contribution in [1.82, 2.24) is 0 Å². The first-order valence-electron chi connectivity index (χ1n) is 10.4. The summed E-state index contributed by atoms with van der Waals surface area (Å²) in [4.78, 5) is 0. The van der Waals surface area contributed by atoms with E-state index in [0.29, 0.717) is 0 Å². The summed E-state index contributed by atoms with van der Waals surface area (Å²) in [6.07, 6.45) is 23.4. The van der Waals surface area contributed by atoms with E-state index in [1.54, 1.807) is 0 Å². The van der Waals surface area contributed by atoms with Crippen LogP contribution in [0.1, 0.15) is 110 Å². The normalized spacial score (nSPS) is 11.0. The monoisotopic (exact) mass is 356 g/mol. The predicted molar refractivity (Wildman–Crippen MR) is 117 cm³/mol. The summed E-state index contributed by atoms with van der Waals surface area (Å²) in [5.74, 6) is 0. The van der Waals surface area contributed by atoms with Crippen molar-refractivity contribution in [2.24, 2.45) is 0 Å². The number of hydrogen-bond acceptors (Lipinski definition) is 0. The van der Waals surface area contributed by atoms with Crippen molar-refractivity contribution in [3.63, 3.8) is 0 Å². The van der Waals surface area contributed by atoms with Gasteiger partial charge in [-0.25, -0.2) is 0 Å². The Morgan fingerprint density at radius 2 is 0.708 bits per heavy atom. The Balaban J connectivity index is -0.00000220. The Hall–Kier alpha value is 0.847. The molecule has 0 rings (SSSR count). The Labute approximate surface area is 172 Å². The Morgan fingerprint density at radius 3 is 0.958 bits per heavy atom. The van der Waals surface area contributed by atoms with Gasteiger partial charge in [-0.2, -0.15) is 0 Å². The quantitative estimate of drug-likeness (QED) is 0.154. The molecule has 0 aliphatic rings. The standard InChI is InChI=1S/C21H46N.ClH.Li.H/c1-5-6-7-8-9-10-11-12-13-14-15-16-17-18-19-20-21-22(2,3)4;;;/h5-21H2,1-4H3;1H;;/q+1;;;. The maximum atomic E-state index is 2.30. The van der Waals surface area contributed by atoms with Crippen LogP contribution in [-0.2, 0) is 0 Å². The first-order chi connectivity index (χ1) is 10.6. The molecular formula is C21H48ClLiN+. The molecule has 0 unspecified atom stereocenters. The van der Waals surface area contributed by atoms with Crippen LogP contribution in [0, 0.1) is 0 Å².